The molecule has 5 aromatic rings. The van der Waals surface area contributed by atoms with Crippen LogP contribution in [-0.2, 0) is 13.5 Å². The first-order valence-corrected chi connectivity index (χ1v) is 11.6. The van der Waals surface area contributed by atoms with E-state index in [1.807, 2.05) is 95.3 Å². The summed E-state index contributed by atoms with van der Waals surface area (Å²) in [7, 11) is 1.94. The number of benzene rings is 3. The van der Waals surface area contributed by atoms with Gasteiger partial charge in [0, 0.05) is 30.8 Å². The van der Waals surface area contributed by atoms with Crippen LogP contribution in [0, 0.1) is 11.3 Å². The molecule has 3 heterocycles. The van der Waals surface area contributed by atoms with Gasteiger partial charge in [-0.05, 0) is 61.0 Å². The van der Waals surface area contributed by atoms with E-state index in [0.717, 1.165) is 45.7 Å². The number of nitriles is 1. The number of aryl methyl sites for hydroxylation is 1. The highest BCUT2D eigenvalue weighted by molar-refractivity contribution is 5.93. The maximum atomic E-state index is 10.1. The summed E-state index contributed by atoms with van der Waals surface area (Å²) < 4.78 is 9.71. The molecule has 0 N–H and O–H groups in total. The molecule has 35 heavy (non-hydrogen) atoms. The highest BCUT2D eigenvalue weighted by Crippen LogP contribution is 2.35. The van der Waals surface area contributed by atoms with Gasteiger partial charge in [-0.25, -0.2) is 9.67 Å². The van der Waals surface area contributed by atoms with Gasteiger partial charge in [0.05, 0.1) is 22.3 Å². The van der Waals surface area contributed by atoms with Crippen molar-refractivity contribution in [1.82, 2.24) is 19.3 Å². The first-order valence-electron chi connectivity index (χ1n) is 11.6. The Kier molecular flexibility index (Phi) is 4.97. The minimum absolute atomic E-state index is 0.171. The molecule has 170 valence electrons. The predicted octanol–water partition coefficient (Wildman–Crippen LogP) is 5.81. The molecule has 6 rings (SSSR count). The lowest BCUT2D eigenvalue weighted by molar-refractivity contribution is 0.254. The van der Waals surface area contributed by atoms with Gasteiger partial charge < -0.3 is 9.30 Å². The SMILES string of the molecule is C[C@@H]1Cc2cc(-c3nn(-c4ccccc4)cc3/C=C(\C#N)c3nc4ccccc4n3C)ccc2O1. The van der Waals surface area contributed by atoms with Crippen LogP contribution in [0.3, 0.4) is 0 Å². The second-order valence-electron chi connectivity index (χ2n) is 8.82. The summed E-state index contributed by atoms with van der Waals surface area (Å²) in [5.74, 6) is 1.56. The monoisotopic (exact) mass is 457 g/mol. The zero-order valence-electron chi connectivity index (χ0n) is 19.5. The second-order valence-corrected chi connectivity index (χ2v) is 8.82. The van der Waals surface area contributed by atoms with Crippen molar-refractivity contribution >= 4 is 22.7 Å². The molecule has 0 spiro atoms. The number of nitrogens with zero attached hydrogens (tertiary/aromatic N) is 5. The van der Waals surface area contributed by atoms with E-state index in [2.05, 4.69) is 19.1 Å². The summed E-state index contributed by atoms with van der Waals surface area (Å²) in [6, 6.07) is 26.4. The van der Waals surface area contributed by atoms with Gasteiger partial charge in [-0.15, -0.1) is 0 Å². The van der Waals surface area contributed by atoms with Gasteiger partial charge in [-0.1, -0.05) is 30.3 Å². The fourth-order valence-electron chi connectivity index (χ4n) is 4.69. The van der Waals surface area contributed by atoms with Crippen LogP contribution in [-0.4, -0.2) is 25.4 Å². The molecule has 6 heteroatoms. The highest BCUT2D eigenvalue weighted by atomic mass is 16.5. The molecule has 3 aromatic carbocycles. The molecule has 0 aliphatic carbocycles. The topological polar surface area (TPSA) is 68.7 Å². The third-order valence-corrected chi connectivity index (χ3v) is 6.38. The number of imidazole rings is 1. The average molecular weight is 458 g/mol. The Morgan fingerprint density at radius 2 is 1.89 bits per heavy atom. The number of para-hydroxylation sites is 3. The smallest absolute Gasteiger partial charge is 0.151 e. The van der Waals surface area contributed by atoms with Crippen LogP contribution in [0.4, 0.5) is 0 Å². The normalized spacial score (nSPS) is 15.1. The van der Waals surface area contributed by atoms with Crippen LogP contribution in [0.25, 0.3) is 39.6 Å². The van der Waals surface area contributed by atoms with E-state index in [-0.39, 0.29) is 6.10 Å². The molecule has 0 amide bonds. The Hall–Kier alpha value is -4.63. The second kappa shape index (κ2) is 8.30. The highest BCUT2D eigenvalue weighted by Gasteiger charge is 2.21. The van der Waals surface area contributed by atoms with Crippen molar-refractivity contribution in [3.63, 3.8) is 0 Å². The van der Waals surface area contributed by atoms with Gasteiger partial charge in [0.25, 0.3) is 0 Å². The number of hydrogen-bond acceptors (Lipinski definition) is 4. The maximum Gasteiger partial charge on any atom is 0.151 e. The van der Waals surface area contributed by atoms with E-state index in [4.69, 9.17) is 14.8 Å². The maximum absolute atomic E-state index is 10.1. The number of rotatable bonds is 4. The standard InChI is InChI=1S/C29H23N5O/c1-19-14-21-15-20(12-13-27(21)35-19)28-23(18-34(32-28)24-8-4-3-5-9-24)16-22(17-30)29-31-25-10-6-7-11-26(25)33(29)2/h3-13,15-16,18-19H,14H2,1-2H3/b22-16+/t19-/m1/s1. The number of fused-ring (bicyclic) bond motifs is 2. The summed E-state index contributed by atoms with van der Waals surface area (Å²) in [6.45, 7) is 2.08. The molecule has 0 saturated heterocycles. The van der Waals surface area contributed by atoms with Crippen molar-refractivity contribution in [2.45, 2.75) is 19.4 Å². The van der Waals surface area contributed by atoms with Crippen molar-refractivity contribution in [2.24, 2.45) is 7.05 Å². The summed E-state index contributed by atoms with van der Waals surface area (Å²) in [4.78, 5) is 4.73. The predicted molar refractivity (Wildman–Crippen MR) is 137 cm³/mol. The molecule has 1 aliphatic heterocycles. The van der Waals surface area contributed by atoms with Crippen LogP contribution < -0.4 is 4.74 Å². The molecule has 0 unspecified atom stereocenters. The Labute approximate surface area is 203 Å². The Morgan fingerprint density at radius 3 is 2.69 bits per heavy atom. The number of hydrogen-bond donors (Lipinski definition) is 0. The molecule has 0 bridgehead atoms. The summed E-state index contributed by atoms with van der Waals surface area (Å²) in [5, 5.41) is 15.1. The summed E-state index contributed by atoms with van der Waals surface area (Å²) >= 11 is 0. The summed E-state index contributed by atoms with van der Waals surface area (Å²) in [5.41, 5.74) is 7.10. The van der Waals surface area contributed by atoms with Crippen molar-refractivity contribution in [2.75, 3.05) is 0 Å². The van der Waals surface area contributed by atoms with E-state index in [1.165, 1.54) is 5.56 Å². The first-order chi connectivity index (χ1) is 17.1. The van der Waals surface area contributed by atoms with Gasteiger partial charge >= 0.3 is 0 Å². The summed E-state index contributed by atoms with van der Waals surface area (Å²) in [6.07, 6.45) is 4.90. The van der Waals surface area contributed by atoms with E-state index in [1.54, 1.807) is 0 Å². The van der Waals surface area contributed by atoms with E-state index in [9.17, 15) is 5.26 Å². The van der Waals surface area contributed by atoms with Crippen LogP contribution in [0.1, 0.15) is 23.9 Å². The lowest BCUT2D eigenvalue weighted by Gasteiger charge is -2.04. The van der Waals surface area contributed by atoms with Gasteiger partial charge in [-0.2, -0.15) is 10.4 Å². The third kappa shape index (κ3) is 3.68. The quantitative estimate of drug-likeness (QED) is 0.319. The average Bonchev–Trinajstić information content (AvgIpc) is 3.57. The largest absolute Gasteiger partial charge is 0.490 e. The van der Waals surface area contributed by atoms with Gasteiger partial charge in [0.1, 0.15) is 23.6 Å². The molecule has 0 radical (unpaired) electrons. The first kappa shape index (κ1) is 20.9. The zero-order valence-corrected chi connectivity index (χ0v) is 19.5. The molecule has 1 aliphatic rings. The number of aromatic nitrogens is 4. The van der Waals surface area contributed by atoms with Gasteiger partial charge in [0.15, 0.2) is 5.82 Å². The van der Waals surface area contributed by atoms with Crippen LogP contribution in [0.5, 0.6) is 5.75 Å². The zero-order chi connectivity index (χ0) is 23.9. The van der Waals surface area contributed by atoms with E-state index < -0.39 is 0 Å². The van der Waals surface area contributed by atoms with Crippen LogP contribution >= 0.6 is 0 Å². The van der Waals surface area contributed by atoms with Crippen molar-refractivity contribution in [1.29, 1.82) is 5.26 Å². The molecular formula is C29H23N5O. The van der Waals surface area contributed by atoms with Crippen LogP contribution in [0.15, 0.2) is 79.0 Å². The molecule has 0 saturated carbocycles. The fraction of sp³-hybridized carbons (Fsp3) is 0.138. The lowest BCUT2D eigenvalue weighted by atomic mass is 10.0. The Balaban J connectivity index is 1.52. The van der Waals surface area contributed by atoms with Crippen LogP contribution in [0.2, 0.25) is 0 Å². The minimum atomic E-state index is 0.171. The fourth-order valence-corrected chi connectivity index (χ4v) is 4.69. The Morgan fingerprint density at radius 1 is 1.09 bits per heavy atom. The van der Waals surface area contributed by atoms with E-state index >= 15 is 0 Å². The van der Waals surface area contributed by atoms with Gasteiger partial charge in [0.2, 0.25) is 0 Å². The number of allylic oxidation sites excluding steroid dienone is 1. The van der Waals surface area contributed by atoms with Crippen molar-refractivity contribution in [3.05, 3.63) is 95.9 Å². The van der Waals surface area contributed by atoms with Crippen molar-refractivity contribution < 1.29 is 4.74 Å². The van der Waals surface area contributed by atoms with Crippen molar-refractivity contribution in [3.8, 4) is 28.8 Å². The molecule has 2 aromatic heterocycles. The Bertz CT molecular complexity index is 1640. The molecular weight excluding hydrogens is 434 g/mol. The molecule has 0 fully saturated rings. The molecule has 1 atom stereocenters. The third-order valence-electron chi connectivity index (χ3n) is 6.38. The minimum Gasteiger partial charge on any atom is -0.490 e. The van der Waals surface area contributed by atoms with Gasteiger partial charge in [-0.3, -0.25) is 0 Å². The number of ether oxygens (including phenoxy) is 1. The lowest BCUT2D eigenvalue weighted by Crippen LogP contribution is -2.05. The van der Waals surface area contributed by atoms with E-state index in [0.29, 0.717) is 11.4 Å². The molecule has 6 nitrogen and oxygen atoms in total.